The zero-order chi connectivity index (χ0) is 11.5. The van der Waals surface area contributed by atoms with Crippen LogP contribution in [0.3, 0.4) is 0 Å². The van der Waals surface area contributed by atoms with Crippen molar-refractivity contribution in [2.24, 2.45) is 0 Å². The van der Waals surface area contributed by atoms with Gasteiger partial charge < -0.3 is 4.57 Å². The van der Waals surface area contributed by atoms with Crippen molar-refractivity contribution in [3.63, 3.8) is 0 Å². The number of unbranched alkanes of at least 4 members (excludes halogenated alkanes) is 3. The van der Waals surface area contributed by atoms with Gasteiger partial charge in [-0.1, -0.05) is 26.2 Å². The van der Waals surface area contributed by atoms with Crippen LogP contribution in [0.4, 0.5) is 0 Å². The number of aromatic nitrogens is 2. The van der Waals surface area contributed by atoms with Gasteiger partial charge in [-0.25, -0.2) is 4.98 Å². The second-order valence-corrected chi connectivity index (χ2v) is 8.16. The Labute approximate surface area is 108 Å². The predicted octanol–water partition coefficient (Wildman–Crippen LogP) is 4.53. The summed E-state index contributed by atoms with van der Waals surface area (Å²) >= 11 is 0. The van der Waals surface area contributed by atoms with Crippen LogP contribution in [0.15, 0.2) is 18.7 Å². The third-order valence-corrected chi connectivity index (χ3v) is 1.83. The summed E-state index contributed by atoms with van der Waals surface area (Å²) < 4.78 is 2.13. The van der Waals surface area contributed by atoms with E-state index in [0.29, 0.717) is 0 Å². The minimum absolute atomic E-state index is 1.12. The molecule has 1 aromatic rings. The molecule has 0 atom stereocenters. The molecule has 0 aliphatic carbocycles. The van der Waals surface area contributed by atoms with E-state index in [4.69, 9.17) is 30.4 Å². The van der Waals surface area contributed by atoms with E-state index in [1.165, 1.54) is 25.7 Å². The Hall–Kier alpha value is 0.586. The van der Waals surface area contributed by atoms with Gasteiger partial charge in [0.1, 0.15) is 0 Å². The Balaban J connectivity index is 0.000000423. The number of nitrogens with zero attached hydrogens (tertiary/aromatic N) is 2. The van der Waals surface area contributed by atoms with Crippen molar-refractivity contribution < 1.29 is 10.9 Å². The van der Waals surface area contributed by atoms with Crippen LogP contribution in [0.25, 0.3) is 0 Å². The summed E-state index contributed by atoms with van der Waals surface area (Å²) in [5.41, 5.74) is 0. The van der Waals surface area contributed by atoms with E-state index < -0.39 is 10.9 Å². The van der Waals surface area contributed by atoms with E-state index in [1.807, 2.05) is 18.7 Å². The summed E-state index contributed by atoms with van der Waals surface area (Å²) in [4.78, 5) is 3.98. The molecular weight excluding hydrogens is 301 g/mol. The fraction of sp³-hybridized carbons (Fsp3) is 0.667. The van der Waals surface area contributed by atoms with Crippen LogP contribution in [0.5, 0.6) is 0 Å². The molecule has 0 radical (unpaired) electrons. The molecular formula is C9H16Cl3CoN2. The fourth-order valence-electron chi connectivity index (χ4n) is 1.14. The summed E-state index contributed by atoms with van der Waals surface area (Å²) in [6.07, 6.45) is 11.0. The van der Waals surface area contributed by atoms with Crippen molar-refractivity contribution in [3.8, 4) is 0 Å². The number of aryl methyl sites for hydroxylation is 1. The van der Waals surface area contributed by atoms with Gasteiger partial charge in [0.15, 0.2) is 0 Å². The van der Waals surface area contributed by atoms with Crippen molar-refractivity contribution >= 4 is 30.4 Å². The average Bonchev–Trinajstić information content (AvgIpc) is 2.64. The van der Waals surface area contributed by atoms with Gasteiger partial charge in [-0.15, -0.1) is 0 Å². The van der Waals surface area contributed by atoms with E-state index in [2.05, 4.69) is 16.5 Å². The Morgan fingerprint density at radius 1 is 1.20 bits per heavy atom. The third-order valence-electron chi connectivity index (χ3n) is 1.83. The molecule has 0 aliphatic rings. The molecule has 0 unspecified atom stereocenters. The van der Waals surface area contributed by atoms with Gasteiger partial charge in [0.25, 0.3) is 0 Å². The van der Waals surface area contributed by atoms with Gasteiger partial charge in [0.2, 0.25) is 0 Å². The standard InChI is InChI=1S/C9H16N2.3ClH.Co/c1-2-3-4-5-7-11-8-6-10-9-11;;;;/h6,8-9H,2-5,7H2,1H3;3*1H;/q;;;;+3/p-3. The van der Waals surface area contributed by atoms with Crippen LogP contribution in [-0.4, -0.2) is 9.55 Å². The zero-order valence-electron chi connectivity index (χ0n) is 8.63. The second kappa shape index (κ2) is 11.1. The molecule has 0 saturated carbocycles. The van der Waals surface area contributed by atoms with Crippen molar-refractivity contribution in [1.29, 1.82) is 0 Å². The van der Waals surface area contributed by atoms with E-state index in [1.54, 1.807) is 0 Å². The molecule has 0 fully saturated rings. The van der Waals surface area contributed by atoms with Crippen LogP contribution in [0.1, 0.15) is 32.6 Å². The van der Waals surface area contributed by atoms with Crippen LogP contribution < -0.4 is 0 Å². The van der Waals surface area contributed by atoms with Crippen LogP contribution in [0.2, 0.25) is 0 Å². The van der Waals surface area contributed by atoms with Crippen LogP contribution in [0, 0.1) is 0 Å². The van der Waals surface area contributed by atoms with Gasteiger partial charge >= 0.3 is 41.4 Å². The van der Waals surface area contributed by atoms with E-state index in [9.17, 15) is 0 Å². The first-order chi connectivity index (χ1) is 7.16. The summed E-state index contributed by atoms with van der Waals surface area (Å²) in [6.45, 7) is 3.36. The van der Waals surface area contributed by atoms with Gasteiger partial charge in [-0.2, -0.15) is 0 Å². The molecule has 1 aromatic heterocycles. The van der Waals surface area contributed by atoms with Gasteiger partial charge in [-0.3, -0.25) is 0 Å². The molecule has 1 rings (SSSR count). The Kier molecular flexibility index (Phi) is 11.5. The molecule has 15 heavy (non-hydrogen) atoms. The topological polar surface area (TPSA) is 17.8 Å². The number of rotatable bonds is 5. The number of imidazole rings is 1. The Morgan fingerprint density at radius 3 is 2.33 bits per heavy atom. The molecule has 0 bridgehead atoms. The van der Waals surface area contributed by atoms with Gasteiger partial charge in [0, 0.05) is 18.9 Å². The first-order valence-corrected chi connectivity index (χ1v) is 9.06. The Morgan fingerprint density at radius 2 is 1.87 bits per heavy atom. The normalized spacial score (nSPS) is 10.5. The van der Waals surface area contributed by atoms with Crippen molar-refractivity contribution in [2.75, 3.05) is 0 Å². The third kappa shape index (κ3) is 12.5. The number of hydrogen-bond acceptors (Lipinski definition) is 1. The maximum atomic E-state index is 4.87. The molecule has 0 aliphatic heterocycles. The second-order valence-electron chi connectivity index (χ2n) is 3.00. The molecule has 92 valence electrons. The zero-order valence-corrected chi connectivity index (χ0v) is 11.9. The summed E-state index contributed by atoms with van der Waals surface area (Å²) in [5, 5.41) is 0. The quantitative estimate of drug-likeness (QED) is 0.730. The van der Waals surface area contributed by atoms with Crippen LogP contribution >= 0.6 is 30.4 Å². The molecule has 0 amide bonds. The molecule has 0 N–H and O–H groups in total. The average molecular weight is 318 g/mol. The van der Waals surface area contributed by atoms with Crippen LogP contribution in [-0.2, 0) is 17.5 Å². The summed E-state index contributed by atoms with van der Waals surface area (Å²) in [6, 6.07) is 0. The van der Waals surface area contributed by atoms with Crippen molar-refractivity contribution in [2.45, 2.75) is 39.2 Å². The predicted molar refractivity (Wildman–Crippen MR) is 63.9 cm³/mol. The first-order valence-electron chi connectivity index (χ1n) is 4.77. The summed E-state index contributed by atoms with van der Waals surface area (Å²) in [7, 11) is 13.4. The maximum absolute atomic E-state index is 4.87. The number of hydrogen-bond donors (Lipinski definition) is 0. The summed E-state index contributed by atoms with van der Waals surface area (Å²) in [5.74, 6) is 0. The fourth-order valence-corrected chi connectivity index (χ4v) is 1.14. The van der Waals surface area contributed by atoms with E-state index in [-0.39, 0.29) is 0 Å². The SMILES string of the molecule is CCCCCCn1ccnc1.[Cl][Co]([Cl])[Cl]. The molecule has 1 heterocycles. The van der Waals surface area contributed by atoms with Crippen molar-refractivity contribution in [1.82, 2.24) is 9.55 Å². The molecule has 6 heteroatoms. The first kappa shape index (κ1) is 15.6. The van der Waals surface area contributed by atoms with E-state index in [0.717, 1.165) is 6.54 Å². The molecule has 0 spiro atoms. The van der Waals surface area contributed by atoms with E-state index >= 15 is 0 Å². The molecule has 2 nitrogen and oxygen atoms in total. The van der Waals surface area contributed by atoms with Crippen molar-refractivity contribution in [3.05, 3.63) is 18.7 Å². The van der Waals surface area contributed by atoms with Gasteiger partial charge in [-0.05, 0) is 6.42 Å². The monoisotopic (exact) mass is 316 g/mol. The molecule has 0 saturated heterocycles. The van der Waals surface area contributed by atoms with Gasteiger partial charge in [0.05, 0.1) is 6.33 Å². The molecule has 0 aromatic carbocycles. The number of halogens is 3. The minimum atomic E-state index is -1.19. The Bertz CT molecular complexity index is 214.